The Kier molecular flexibility index (Phi) is 9.25. The fraction of sp³-hybridized carbons (Fsp3) is 0.562. The first-order chi connectivity index (χ1) is 9.33. The SMILES string of the molecule is CCCCCCCCCSC(=O)Nc1ccccc1. The molecule has 0 saturated carbocycles. The van der Waals surface area contributed by atoms with Crippen molar-refractivity contribution < 1.29 is 4.79 Å². The molecule has 0 heterocycles. The van der Waals surface area contributed by atoms with Gasteiger partial charge in [-0.05, 0) is 18.6 Å². The van der Waals surface area contributed by atoms with Crippen LogP contribution in [0, 0.1) is 0 Å². The highest BCUT2D eigenvalue weighted by Gasteiger charge is 2.02. The molecule has 0 aliphatic carbocycles. The van der Waals surface area contributed by atoms with E-state index in [0.717, 1.165) is 17.9 Å². The monoisotopic (exact) mass is 279 g/mol. The van der Waals surface area contributed by atoms with E-state index < -0.39 is 0 Å². The molecule has 1 amide bonds. The first-order valence-corrected chi connectivity index (χ1v) is 8.30. The van der Waals surface area contributed by atoms with E-state index in [1.807, 2.05) is 30.3 Å². The van der Waals surface area contributed by atoms with Crippen LogP contribution in [0.4, 0.5) is 10.5 Å². The molecule has 1 N–H and O–H groups in total. The van der Waals surface area contributed by atoms with Crippen LogP contribution in [0.2, 0.25) is 0 Å². The normalized spacial score (nSPS) is 10.4. The van der Waals surface area contributed by atoms with Gasteiger partial charge in [0.15, 0.2) is 0 Å². The second kappa shape index (κ2) is 10.9. The van der Waals surface area contributed by atoms with Crippen molar-refractivity contribution >= 4 is 22.7 Å². The maximum atomic E-state index is 11.6. The topological polar surface area (TPSA) is 29.1 Å². The third-order valence-electron chi connectivity index (χ3n) is 3.00. The molecule has 0 radical (unpaired) electrons. The molecule has 19 heavy (non-hydrogen) atoms. The van der Waals surface area contributed by atoms with Gasteiger partial charge in [-0.15, -0.1) is 0 Å². The Bertz CT molecular complexity index is 340. The Morgan fingerprint density at radius 3 is 2.32 bits per heavy atom. The average molecular weight is 279 g/mol. The molecule has 0 fully saturated rings. The van der Waals surface area contributed by atoms with Crippen molar-refractivity contribution in [2.45, 2.75) is 51.9 Å². The lowest BCUT2D eigenvalue weighted by Gasteiger charge is -2.04. The standard InChI is InChI=1S/C16H25NOS/c1-2-3-4-5-6-7-11-14-19-16(18)17-15-12-9-8-10-13-15/h8-10,12-13H,2-7,11,14H2,1H3,(H,17,18). The predicted octanol–water partition coefficient (Wildman–Crippen LogP) is 5.70. The molecule has 1 rings (SSSR count). The number of amides is 1. The molecule has 2 nitrogen and oxygen atoms in total. The van der Waals surface area contributed by atoms with Crippen LogP contribution in [0.15, 0.2) is 30.3 Å². The lowest BCUT2D eigenvalue weighted by molar-refractivity contribution is 0.269. The van der Waals surface area contributed by atoms with Gasteiger partial charge in [0.1, 0.15) is 0 Å². The lowest BCUT2D eigenvalue weighted by atomic mass is 10.1. The predicted molar refractivity (Wildman–Crippen MR) is 85.9 cm³/mol. The lowest BCUT2D eigenvalue weighted by Crippen LogP contribution is -2.05. The van der Waals surface area contributed by atoms with Crippen LogP contribution in [0.5, 0.6) is 0 Å². The summed E-state index contributed by atoms with van der Waals surface area (Å²) in [6, 6.07) is 9.62. The summed E-state index contributed by atoms with van der Waals surface area (Å²) < 4.78 is 0. The van der Waals surface area contributed by atoms with Gasteiger partial charge < -0.3 is 5.32 Å². The first-order valence-electron chi connectivity index (χ1n) is 7.31. The van der Waals surface area contributed by atoms with Crippen molar-refractivity contribution in [1.29, 1.82) is 0 Å². The van der Waals surface area contributed by atoms with Crippen LogP contribution >= 0.6 is 11.8 Å². The minimum Gasteiger partial charge on any atom is -0.317 e. The van der Waals surface area contributed by atoms with E-state index in [1.165, 1.54) is 50.3 Å². The zero-order chi connectivity index (χ0) is 13.8. The number of thioether (sulfide) groups is 1. The number of benzene rings is 1. The summed E-state index contributed by atoms with van der Waals surface area (Å²) in [5.41, 5.74) is 0.875. The molecule has 0 aliphatic heterocycles. The maximum absolute atomic E-state index is 11.6. The van der Waals surface area contributed by atoms with Crippen LogP contribution in [0.25, 0.3) is 0 Å². The molecule has 0 aliphatic rings. The molecule has 0 unspecified atom stereocenters. The Morgan fingerprint density at radius 2 is 1.63 bits per heavy atom. The van der Waals surface area contributed by atoms with Gasteiger partial charge in [0, 0.05) is 11.4 Å². The number of hydrogen-bond acceptors (Lipinski definition) is 2. The highest BCUT2D eigenvalue weighted by Crippen LogP contribution is 2.14. The number of para-hydroxylation sites is 1. The van der Waals surface area contributed by atoms with Gasteiger partial charge in [-0.25, -0.2) is 0 Å². The molecule has 0 atom stereocenters. The van der Waals surface area contributed by atoms with E-state index in [-0.39, 0.29) is 5.24 Å². The number of nitrogens with one attached hydrogen (secondary N) is 1. The summed E-state index contributed by atoms with van der Waals surface area (Å²) in [5, 5.41) is 2.94. The summed E-state index contributed by atoms with van der Waals surface area (Å²) in [4.78, 5) is 11.6. The molecular formula is C16H25NOS. The van der Waals surface area contributed by atoms with Gasteiger partial charge in [0.2, 0.25) is 0 Å². The van der Waals surface area contributed by atoms with Gasteiger partial charge in [0.25, 0.3) is 5.24 Å². The fourth-order valence-electron chi connectivity index (χ4n) is 1.90. The maximum Gasteiger partial charge on any atom is 0.283 e. The first kappa shape index (κ1) is 16.1. The van der Waals surface area contributed by atoms with Crippen LogP contribution in [-0.4, -0.2) is 11.0 Å². The zero-order valence-corrected chi connectivity index (χ0v) is 12.7. The van der Waals surface area contributed by atoms with Crippen molar-refractivity contribution in [2.24, 2.45) is 0 Å². The molecule has 3 heteroatoms. The van der Waals surface area contributed by atoms with Crippen LogP contribution < -0.4 is 5.32 Å². The number of hydrogen-bond donors (Lipinski definition) is 1. The van der Waals surface area contributed by atoms with Crippen LogP contribution in [0.3, 0.4) is 0 Å². The smallest absolute Gasteiger partial charge is 0.283 e. The summed E-state index contributed by atoms with van der Waals surface area (Å²) >= 11 is 1.39. The Hall–Kier alpha value is -0.960. The van der Waals surface area contributed by atoms with E-state index >= 15 is 0 Å². The Labute approximate surface area is 121 Å². The van der Waals surface area contributed by atoms with Crippen molar-refractivity contribution in [1.82, 2.24) is 0 Å². The molecule has 0 bridgehead atoms. The third-order valence-corrected chi connectivity index (χ3v) is 3.86. The molecule has 0 aromatic heterocycles. The molecule has 0 spiro atoms. The van der Waals surface area contributed by atoms with Crippen molar-refractivity contribution in [2.75, 3.05) is 11.1 Å². The highest BCUT2D eigenvalue weighted by molar-refractivity contribution is 8.13. The van der Waals surface area contributed by atoms with Gasteiger partial charge in [-0.2, -0.15) is 0 Å². The van der Waals surface area contributed by atoms with Crippen molar-refractivity contribution in [3.8, 4) is 0 Å². The van der Waals surface area contributed by atoms with E-state index in [1.54, 1.807) is 0 Å². The average Bonchev–Trinajstić information content (AvgIpc) is 2.43. The molecule has 1 aromatic carbocycles. The second-order valence-electron chi connectivity index (χ2n) is 4.75. The number of rotatable bonds is 9. The van der Waals surface area contributed by atoms with E-state index in [2.05, 4.69) is 12.2 Å². The van der Waals surface area contributed by atoms with E-state index in [9.17, 15) is 4.79 Å². The molecular weight excluding hydrogens is 254 g/mol. The van der Waals surface area contributed by atoms with Gasteiger partial charge >= 0.3 is 0 Å². The van der Waals surface area contributed by atoms with E-state index in [0.29, 0.717) is 0 Å². The number of unbranched alkanes of at least 4 members (excludes halogenated alkanes) is 6. The Balaban J connectivity index is 1.96. The fourth-order valence-corrected chi connectivity index (χ4v) is 2.62. The van der Waals surface area contributed by atoms with Gasteiger partial charge in [0.05, 0.1) is 0 Å². The van der Waals surface area contributed by atoms with Gasteiger partial charge in [-0.3, -0.25) is 4.79 Å². The summed E-state index contributed by atoms with van der Waals surface area (Å²) in [6.45, 7) is 2.24. The summed E-state index contributed by atoms with van der Waals surface area (Å²) in [7, 11) is 0. The zero-order valence-electron chi connectivity index (χ0n) is 11.9. The molecule has 0 saturated heterocycles. The quantitative estimate of drug-likeness (QED) is 0.587. The van der Waals surface area contributed by atoms with Crippen LogP contribution in [0.1, 0.15) is 51.9 Å². The minimum atomic E-state index is 0.0529. The number of anilines is 1. The van der Waals surface area contributed by atoms with E-state index in [4.69, 9.17) is 0 Å². The largest absolute Gasteiger partial charge is 0.317 e. The Morgan fingerprint density at radius 1 is 1.00 bits per heavy atom. The third kappa shape index (κ3) is 8.71. The highest BCUT2D eigenvalue weighted by atomic mass is 32.2. The van der Waals surface area contributed by atoms with Gasteiger partial charge in [-0.1, -0.05) is 75.4 Å². The summed E-state index contributed by atoms with van der Waals surface area (Å²) in [6.07, 6.45) is 9.05. The number of carbonyl (C=O) groups is 1. The molecule has 106 valence electrons. The summed E-state index contributed by atoms with van der Waals surface area (Å²) in [5.74, 6) is 0.923. The van der Waals surface area contributed by atoms with Crippen molar-refractivity contribution in [3.63, 3.8) is 0 Å². The molecule has 1 aromatic rings. The van der Waals surface area contributed by atoms with Crippen molar-refractivity contribution in [3.05, 3.63) is 30.3 Å². The minimum absolute atomic E-state index is 0.0529. The second-order valence-corrected chi connectivity index (χ2v) is 5.82. The van der Waals surface area contributed by atoms with Crippen LogP contribution in [-0.2, 0) is 0 Å². The number of carbonyl (C=O) groups excluding carboxylic acids is 1.